The highest BCUT2D eigenvalue weighted by molar-refractivity contribution is 5.85. The molecule has 0 aromatic heterocycles. The Bertz CT molecular complexity index is 533. The Balaban J connectivity index is 0.00000312. The zero-order valence-electron chi connectivity index (χ0n) is 15.5. The van der Waals surface area contributed by atoms with Gasteiger partial charge in [0.05, 0.1) is 25.7 Å². The third-order valence-electron chi connectivity index (χ3n) is 4.47. The number of rotatable bonds is 8. The Morgan fingerprint density at radius 3 is 2.84 bits per heavy atom. The average molecular weight is 371 g/mol. The van der Waals surface area contributed by atoms with Gasteiger partial charge in [-0.25, -0.2) is 0 Å². The smallest absolute Gasteiger partial charge is 0.224 e. The summed E-state index contributed by atoms with van der Waals surface area (Å²) in [6.07, 6.45) is 4.13. The van der Waals surface area contributed by atoms with Gasteiger partial charge in [0, 0.05) is 6.54 Å². The molecule has 1 aliphatic heterocycles. The molecule has 1 amide bonds. The number of hydrogen-bond acceptors (Lipinski definition) is 4. The lowest BCUT2D eigenvalue weighted by molar-refractivity contribution is -0.126. The van der Waals surface area contributed by atoms with Crippen molar-refractivity contribution in [2.75, 3.05) is 26.8 Å². The first kappa shape index (κ1) is 21.6. The van der Waals surface area contributed by atoms with Crippen LogP contribution in [0.2, 0.25) is 0 Å². The van der Waals surface area contributed by atoms with Crippen molar-refractivity contribution < 1.29 is 14.3 Å². The SMILES string of the molecule is CCCCOc1ccc(C(C)NC(=O)C2CCCNC2)cc1OC.Cl. The largest absolute Gasteiger partial charge is 0.493 e. The highest BCUT2D eigenvalue weighted by Gasteiger charge is 2.22. The molecule has 0 bridgehead atoms. The van der Waals surface area contributed by atoms with E-state index in [4.69, 9.17) is 9.47 Å². The van der Waals surface area contributed by atoms with Crippen LogP contribution in [0.4, 0.5) is 0 Å². The summed E-state index contributed by atoms with van der Waals surface area (Å²) in [6, 6.07) is 5.81. The lowest BCUT2D eigenvalue weighted by atomic mass is 9.98. The van der Waals surface area contributed by atoms with Crippen molar-refractivity contribution in [3.8, 4) is 11.5 Å². The maximum Gasteiger partial charge on any atom is 0.224 e. The third-order valence-corrected chi connectivity index (χ3v) is 4.47. The minimum Gasteiger partial charge on any atom is -0.493 e. The number of nitrogens with one attached hydrogen (secondary N) is 2. The number of ether oxygens (including phenoxy) is 2. The highest BCUT2D eigenvalue weighted by atomic mass is 35.5. The number of amides is 1. The molecule has 142 valence electrons. The molecule has 2 atom stereocenters. The first-order chi connectivity index (χ1) is 11.7. The van der Waals surface area contributed by atoms with Crippen molar-refractivity contribution >= 4 is 18.3 Å². The van der Waals surface area contributed by atoms with E-state index >= 15 is 0 Å². The van der Waals surface area contributed by atoms with Gasteiger partial charge in [-0.3, -0.25) is 4.79 Å². The molecule has 0 aliphatic carbocycles. The van der Waals surface area contributed by atoms with Gasteiger partial charge < -0.3 is 20.1 Å². The summed E-state index contributed by atoms with van der Waals surface area (Å²) in [7, 11) is 1.64. The number of carbonyl (C=O) groups excluding carboxylic acids is 1. The lowest BCUT2D eigenvalue weighted by Crippen LogP contribution is -2.41. The van der Waals surface area contributed by atoms with E-state index in [2.05, 4.69) is 17.6 Å². The molecule has 0 saturated carbocycles. The average Bonchev–Trinajstić information content (AvgIpc) is 2.62. The zero-order valence-corrected chi connectivity index (χ0v) is 16.3. The molecule has 2 rings (SSSR count). The molecule has 0 spiro atoms. The summed E-state index contributed by atoms with van der Waals surface area (Å²) < 4.78 is 11.2. The molecule has 2 unspecified atom stereocenters. The van der Waals surface area contributed by atoms with Crippen LogP contribution in [-0.2, 0) is 4.79 Å². The van der Waals surface area contributed by atoms with Crippen molar-refractivity contribution in [3.05, 3.63) is 23.8 Å². The van der Waals surface area contributed by atoms with Crippen LogP contribution in [0.5, 0.6) is 11.5 Å². The number of unbranched alkanes of at least 4 members (excludes halogenated alkanes) is 1. The van der Waals surface area contributed by atoms with Gasteiger partial charge in [-0.1, -0.05) is 19.4 Å². The second-order valence-corrected chi connectivity index (χ2v) is 6.39. The van der Waals surface area contributed by atoms with Crippen molar-refractivity contribution in [1.29, 1.82) is 0 Å². The Labute approximate surface area is 157 Å². The van der Waals surface area contributed by atoms with E-state index in [9.17, 15) is 4.79 Å². The summed E-state index contributed by atoms with van der Waals surface area (Å²) in [5, 5.41) is 6.40. The van der Waals surface area contributed by atoms with Crippen LogP contribution in [0.3, 0.4) is 0 Å². The van der Waals surface area contributed by atoms with Gasteiger partial charge in [-0.15, -0.1) is 12.4 Å². The van der Waals surface area contributed by atoms with E-state index in [1.807, 2.05) is 25.1 Å². The summed E-state index contributed by atoms with van der Waals surface area (Å²) in [4.78, 5) is 12.4. The normalized spacial score (nSPS) is 18.0. The van der Waals surface area contributed by atoms with E-state index in [1.165, 1.54) is 0 Å². The van der Waals surface area contributed by atoms with Crippen LogP contribution in [-0.4, -0.2) is 32.7 Å². The molecule has 1 fully saturated rings. The molecular weight excluding hydrogens is 340 g/mol. The molecule has 1 aliphatic rings. The molecule has 25 heavy (non-hydrogen) atoms. The second-order valence-electron chi connectivity index (χ2n) is 6.39. The van der Waals surface area contributed by atoms with Crippen LogP contribution >= 0.6 is 12.4 Å². The van der Waals surface area contributed by atoms with Crippen LogP contribution in [0.15, 0.2) is 18.2 Å². The maximum atomic E-state index is 12.4. The van der Waals surface area contributed by atoms with Crippen molar-refractivity contribution in [2.45, 2.75) is 45.6 Å². The molecule has 1 heterocycles. The number of piperidine rings is 1. The van der Waals surface area contributed by atoms with Gasteiger partial charge in [-0.2, -0.15) is 0 Å². The quantitative estimate of drug-likeness (QED) is 0.688. The number of halogens is 1. The number of carbonyl (C=O) groups is 1. The predicted octanol–water partition coefficient (Wildman–Crippen LogP) is 3.47. The summed E-state index contributed by atoms with van der Waals surface area (Å²) in [5.41, 5.74) is 1.02. The van der Waals surface area contributed by atoms with E-state index < -0.39 is 0 Å². The Morgan fingerprint density at radius 2 is 2.20 bits per heavy atom. The molecule has 2 N–H and O–H groups in total. The Morgan fingerprint density at radius 1 is 1.40 bits per heavy atom. The van der Waals surface area contributed by atoms with Crippen LogP contribution in [0.1, 0.15) is 51.1 Å². The van der Waals surface area contributed by atoms with Gasteiger partial charge >= 0.3 is 0 Å². The van der Waals surface area contributed by atoms with Crippen LogP contribution < -0.4 is 20.1 Å². The van der Waals surface area contributed by atoms with Gasteiger partial charge in [0.25, 0.3) is 0 Å². The van der Waals surface area contributed by atoms with Crippen molar-refractivity contribution in [3.63, 3.8) is 0 Å². The fourth-order valence-electron chi connectivity index (χ4n) is 2.89. The van der Waals surface area contributed by atoms with Gasteiger partial charge in [0.1, 0.15) is 0 Å². The Kier molecular flexibility index (Phi) is 9.68. The first-order valence-corrected chi connectivity index (χ1v) is 8.97. The van der Waals surface area contributed by atoms with Crippen LogP contribution in [0, 0.1) is 5.92 Å². The summed E-state index contributed by atoms with van der Waals surface area (Å²) >= 11 is 0. The van der Waals surface area contributed by atoms with E-state index in [0.29, 0.717) is 12.4 Å². The summed E-state index contributed by atoms with van der Waals surface area (Å²) in [6.45, 7) is 6.60. The second kappa shape index (κ2) is 11.2. The standard InChI is InChI=1S/C19H30N2O3.ClH/c1-4-5-11-24-17-9-8-15(12-18(17)23-3)14(2)21-19(22)16-7-6-10-20-13-16;/h8-9,12,14,16,20H,4-7,10-11,13H2,1-3H3,(H,21,22);1H. The Hall–Kier alpha value is -1.46. The predicted molar refractivity (Wildman–Crippen MR) is 103 cm³/mol. The van der Waals surface area contributed by atoms with Gasteiger partial charge in [0.2, 0.25) is 5.91 Å². The van der Waals surface area contributed by atoms with Crippen molar-refractivity contribution in [1.82, 2.24) is 10.6 Å². The highest BCUT2D eigenvalue weighted by Crippen LogP contribution is 2.30. The third kappa shape index (κ3) is 6.40. The maximum absolute atomic E-state index is 12.4. The van der Waals surface area contributed by atoms with Crippen molar-refractivity contribution in [2.24, 2.45) is 5.92 Å². The van der Waals surface area contributed by atoms with Gasteiger partial charge in [-0.05, 0) is 50.4 Å². The number of methoxy groups -OCH3 is 1. The molecular formula is C19H31ClN2O3. The molecule has 6 heteroatoms. The van der Waals surface area contributed by atoms with Crippen LogP contribution in [0.25, 0.3) is 0 Å². The summed E-state index contributed by atoms with van der Waals surface area (Å²) in [5.74, 6) is 1.66. The molecule has 1 saturated heterocycles. The topological polar surface area (TPSA) is 59.6 Å². The monoisotopic (exact) mass is 370 g/mol. The van der Waals surface area contributed by atoms with E-state index in [0.717, 1.165) is 50.1 Å². The van der Waals surface area contributed by atoms with E-state index in [1.54, 1.807) is 7.11 Å². The molecule has 5 nitrogen and oxygen atoms in total. The van der Waals surface area contributed by atoms with Gasteiger partial charge in [0.15, 0.2) is 11.5 Å². The molecule has 0 radical (unpaired) electrons. The minimum atomic E-state index is -0.0574. The molecule has 1 aromatic carbocycles. The number of hydrogen-bond donors (Lipinski definition) is 2. The fourth-order valence-corrected chi connectivity index (χ4v) is 2.89. The first-order valence-electron chi connectivity index (χ1n) is 8.97. The minimum absolute atomic E-state index is 0. The lowest BCUT2D eigenvalue weighted by Gasteiger charge is -2.24. The van der Waals surface area contributed by atoms with E-state index in [-0.39, 0.29) is 30.3 Å². The molecule has 1 aromatic rings. The number of benzene rings is 1. The fraction of sp³-hybridized carbons (Fsp3) is 0.632. The zero-order chi connectivity index (χ0) is 17.4.